The van der Waals surface area contributed by atoms with Gasteiger partial charge in [-0.25, -0.2) is 4.98 Å². The van der Waals surface area contributed by atoms with Crippen LogP contribution in [-0.2, 0) is 4.79 Å². The minimum Gasteiger partial charge on any atom is -0.307 e. The highest BCUT2D eigenvalue weighted by Crippen LogP contribution is 2.21. The van der Waals surface area contributed by atoms with Gasteiger partial charge in [0.15, 0.2) is 0 Å². The van der Waals surface area contributed by atoms with Gasteiger partial charge in [0.2, 0.25) is 5.91 Å². The lowest BCUT2D eigenvalue weighted by Gasteiger charge is -2.07. The number of carbonyl (C=O) groups excluding carboxylic acids is 1. The average Bonchev–Trinajstić information content (AvgIpc) is 2.54. The molecule has 0 spiro atoms. The van der Waals surface area contributed by atoms with Crippen LogP contribution in [0, 0.1) is 6.92 Å². The summed E-state index contributed by atoms with van der Waals surface area (Å²) in [5.74, 6) is 0.215. The highest BCUT2D eigenvalue weighted by Gasteiger charge is 2.05. The average molecular weight is 293 g/mol. The van der Waals surface area contributed by atoms with E-state index in [0.29, 0.717) is 5.82 Å². The van der Waals surface area contributed by atoms with Crippen LogP contribution in [-0.4, -0.2) is 15.9 Å². The first kappa shape index (κ1) is 15.6. The summed E-state index contributed by atoms with van der Waals surface area (Å²) in [5.41, 5.74) is 3.72. The van der Waals surface area contributed by atoms with E-state index in [9.17, 15) is 4.79 Å². The molecule has 0 bridgehead atoms. The Morgan fingerprint density at radius 2 is 2.23 bits per heavy atom. The van der Waals surface area contributed by atoms with E-state index in [1.54, 1.807) is 12.3 Å². The van der Waals surface area contributed by atoms with Crippen molar-refractivity contribution in [2.75, 3.05) is 5.32 Å². The lowest BCUT2D eigenvalue weighted by molar-refractivity contribution is -0.111. The number of carbonyl (C=O) groups is 1. The molecule has 0 unspecified atom stereocenters. The van der Waals surface area contributed by atoms with E-state index in [1.165, 1.54) is 6.08 Å². The van der Waals surface area contributed by atoms with Gasteiger partial charge in [-0.1, -0.05) is 31.7 Å². The first-order chi connectivity index (χ1) is 10.6. The molecule has 2 aromatic rings. The molecule has 0 saturated carbocycles. The summed E-state index contributed by atoms with van der Waals surface area (Å²) in [6.45, 7) is 7.50. The van der Waals surface area contributed by atoms with Crippen LogP contribution in [0.15, 0.2) is 49.2 Å². The number of anilines is 1. The lowest BCUT2D eigenvalue weighted by Crippen LogP contribution is -2.08. The number of nitrogens with zero attached hydrogens (tertiary/aromatic N) is 2. The van der Waals surface area contributed by atoms with Gasteiger partial charge in [-0.2, -0.15) is 0 Å². The van der Waals surface area contributed by atoms with Crippen molar-refractivity contribution in [3.63, 3.8) is 0 Å². The molecule has 1 amide bonds. The number of allylic oxidation sites excluding steroid dienone is 1. The molecule has 0 atom stereocenters. The predicted molar refractivity (Wildman–Crippen MR) is 90.4 cm³/mol. The van der Waals surface area contributed by atoms with E-state index >= 15 is 0 Å². The van der Waals surface area contributed by atoms with Crippen molar-refractivity contribution in [1.82, 2.24) is 9.97 Å². The molecule has 0 aliphatic rings. The molecule has 4 heteroatoms. The summed E-state index contributed by atoms with van der Waals surface area (Å²) in [6.07, 6.45) is 8.15. The molecular weight excluding hydrogens is 274 g/mol. The molecule has 0 aliphatic heterocycles. The number of pyridine rings is 2. The van der Waals surface area contributed by atoms with Crippen LogP contribution in [0.3, 0.4) is 0 Å². The number of hydrogen-bond acceptors (Lipinski definition) is 3. The Morgan fingerprint density at radius 1 is 1.41 bits per heavy atom. The van der Waals surface area contributed by atoms with Gasteiger partial charge in [-0.15, -0.1) is 0 Å². The summed E-state index contributed by atoms with van der Waals surface area (Å²) in [7, 11) is 0. The molecule has 2 heterocycles. The van der Waals surface area contributed by atoms with Crippen LogP contribution >= 0.6 is 0 Å². The van der Waals surface area contributed by atoms with Crippen LogP contribution in [0.4, 0.5) is 5.82 Å². The minimum absolute atomic E-state index is 0.279. The van der Waals surface area contributed by atoms with Gasteiger partial charge in [-0.3, -0.25) is 9.78 Å². The van der Waals surface area contributed by atoms with Crippen molar-refractivity contribution in [3.05, 3.63) is 60.5 Å². The molecule has 0 radical (unpaired) electrons. The first-order valence-corrected chi connectivity index (χ1v) is 7.18. The third-order valence-corrected chi connectivity index (χ3v) is 3.14. The predicted octanol–water partition coefficient (Wildman–Crippen LogP) is 4.00. The second-order valence-electron chi connectivity index (χ2n) is 4.81. The monoisotopic (exact) mass is 293 g/mol. The summed E-state index contributed by atoms with van der Waals surface area (Å²) in [6, 6.07) is 7.53. The van der Waals surface area contributed by atoms with Crippen molar-refractivity contribution in [1.29, 1.82) is 0 Å². The summed E-state index contributed by atoms with van der Waals surface area (Å²) < 4.78 is 0. The standard InChI is InChI=1S/C18H19N3O/c1-4-6-8-14-11-15(12-19-13(14)3)16-9-7-10-17(20-16)21-18(22)5-2/h5-12H,2,4H2,1,3H3,(H,20,21,22)/b8-6-. The van der Waals surface area contributed by atoms with Gasteiger partial charge >= 0.3 is 0 Å². The number of aryl methyl sites for hydroxylation is 1. The molecule has 0 saturated heterocycles. The fourth-order valence-electron chi connectivity index (χ4n) is 1.95. The van der Waals surface area contributed by atoms with Crippen LogP contribution in [0.25, 0.3) is 17.3 Å². The zero-order valence-electron chi connectivity index (χ0n) is 12.8. The molecule has 2 rings (SSSR count). The Hall–Kier alpha value is -2.75. The molecule has 22 heavy (non-hydrogen) atoms. The first-order valence-electron chi connectivity index (χ1n) is 7.18. The molecule has 0 fully saturated rings. The Labute approximate surface area is 130 Å². The Bertz CT molecular complexity index is 720. The third-order valence-electron chi connectivity index (χ3n) is 3.14. The Morgan fingerprint density at radius 3 is 2.95 bits per heavy atom. The minimum atomic E-state index is -0.279. The SMILES string of the molecule is C=CC(=O)Nc1cccc(-c2cnc(C)c(/C=C\CC)c2)n1. The third kappa shape index (κ3) is 3.88. The Balaban J connectivity index is 2.35. The van der Waals surface area contributed by atoms with E-state index in [0.717, 1.165) is 28.9 Å². The van der Waals surface area contributed by atoms with Crippen molar-refractivity contribution in [2.45, 2.75) is 20.3 Å². The van der Waals surface area contributed by atoms with Gasteiger partial charge in [0.1, 0.15) is 5.82 Å². The van der Waals surface area contributed by atoms with Crippen LogP contribution in [0.1, 0.15) is 24.6 Å². The largest absolute Gasteiger partial charge is 0.307 e. The van der Waals surface area contributed by atoms with E-state index in [4.69, 9.17) is 0 Å². The maximum absolute atomic E-state index is 11.4. The molecule has 0 aromatic carbocycles. The maximum Gasteiger partial charge on any atom is 0.248 e. The van der Waals surface area contributed by atoms with E-state index in [1.807, 2.05) is 19.1 Å². The van der Waals surface area contributed by atoms with E-state index in [-0.39, 0.29) is 5.91 Å². The van der Waals surface area contributed by atoms with Crippen LogP contribution in [0.5, 0.6) is 0 Å². The van der Waals surface area contributed by atoms with Crippen molar-refractivity contribution in [2.24, 2.45) is 0 Å². The van der Waals surface area contributed by atoms with Crippen LogP contribution in [0.2, 0.25) is 0 Å². The number of rotatable bonds is 5. The number of amides is 1. The summed E-state index contributed by atoms with van der Waals surface area (Å²) >= 11 is 0. The lowest BCUT2D eigenvalue weighted by atomic mass is 10.1. The zero-order valence-corrected chi connectivity index (χ0v) is 12.8. The fourth-order valence-corrected chi connectivity index (χ4v) is 1.95. The number of aromatic nitrogens is 2. The van der Waals surface area contributed by atoms with Crippen molar-refractivity contribution < 1.29 is 4.79 Å². The van der Waals surface area contributed by atoms with Crippen molar-refractivity contribution >= 4 is 17.8 Å². The smallest absolute Gasteiger partial charge is 0.248 e. The Kier molecular flexibility index (Phi) is 5.20. The van der Waals surface area contributed by atoms with Gasteiger partial charge in [0.25, 0.3) is 0 Å². The fraction of sp³-hybridized carbons (Fsp3) is 0.167. The van der Waals surface area contributed by atoms with E-state index < -0.39 is 0 Å². The maximum atomic E-state index is 11.4. The van der Waals surface area contributed by atoms with Crippen molar-refractivity contribution in [3.8, 4) is 11.3 Å². The molecule has 1 N–H and O–H groups in total. The molecular formula is C18H19N3O. The van der Waals surface area contributed by atoms with Crippen LogP contribution < -0.4 is 5.32 Å². The van der Waals surface area contributed by atoms with Gasteiger partial charge < -0.3 is 5.32 Å². The normalized spacial score (nSPS) is 10.6. The number of nitrogens with one attached hydrogen (secondary N) is 1. The number of hydrogen-bond donors (Lipinski definition) is 1. The quantitative estimate of drug-likeness (QED) is 0.848. The highest BCUT2D eigenvalue weighted by atomic mass is 16.1. The summed E-state index contributed by atoms with van der Waals surface area (Å²) in [4.78, 5) is 20.2. The molecule has 4 nitrogen and oxygen atoms in total. The second kappa shape index (κ2) is 7.31. The van der Waals surface area contributed by atoms with Gasteiger partial charge in [0.05, 0.1) is 5.69 Å². The molecule has 0 aliphatic carbocycles. The second-order valence-corrected chi connectivity index (χ2v) is 4.81. The van der Waals surface area contributed by atoms with E-state index in [2.05, 4.69) is 47.0 Å². The summed E-state index contributed by atoms with van der Waals surface area (Å²) in [5, 5.41) is 2.66. The van der Waals surface area contributed by atoms with Gasteiger partial charge in [-0.05, 0) is 43.2 Å². The van der Waals surface area contributed by atoms with Gasteiger partial charge in [0, 0.05) is 17.5 Å². The topological polar surface area (TPSA) is 54.9 Å². The zero-order chi connectivity index (χ0) is 15.9. The highest BCUT2D eigenvalue weighted by molar-refractivity contribution is 5.98. The molecule has 2 aromatic heterocycles. The molecule has 112 valence electrons.